The molecule has 2 fully saturated rings. The Hall–Kier alpha value is -0.0800. The lowest BCUT2D eigenvalue weighted by Crippen LogP contribution is -2.47. The van der Waals surface area contributed by atoms with Gasteiger partial charge in [0.15, 0.2) is 0 Å². The predicted molar refractivity (Wildman–Crippen MR) is 46.7 cm³/mol. The van der Waals surface area contributed by atoms with Crippen molar-refractivity contribution < 1.29 is 0 Å². The molecule has 0 aliphatic carbocycles. The van der Waals surface area contributed by atoms with Crippen molar-refractivity contribution in [3.63, 3.8) is 0 Å². The lowest BCUT2D eigenvalue weighted by atomic mass is 9.92. The Morgan fingerprint density at radius 2 is 1.82 bits per heavy atom. The zero-order valence-electron chi connectivity index (χ0n) is 7.16. The first-order valence-corrected chi connectivity index (χ1v) is 4.87. The predicted octanol–water partition coefficient (Wildman–Crippen LogP) is 0.882. The van der Waals surface area contributed by atoms with Crippen LogP contribution in [0.1, 0.15) is 32.1 Å². The molecule has 0 aromatic heterocycles. The highest BCUT2D eigenvalue weighted by Gasteiger charge is 2.33. The summed E-state index contributed by atoms with van der Waals surface area (Å²) >= 11 is 0. The standard InChI is InChI=1S/C9H18N2/c1-2-6-10-8-9(4-1)5-3-7-11-9/h10-11H,1-8H2/t9-/m0/s1. The van der Waals surface area contributed by atoms with Gasteiger partial charge in [-0.2, -0.15) is 0 Å². The molecule has 2 aliphatic heterocycles. The largest absolute Gasteiger partial charge is 0.315 e. The van der Waals surface area contributed by atoms with Gasteiger partial charge >= 0.3 is 0 Å². The SMILES string of the molecule is C1CC[C@]2(CCCN2)CNC1. The van der Waals surface area contributed by atoms with Gasteiger partial charge in [0.25, 0.3) is 0 Å². The second-order valence-corrected chi connectivity index (χ2v) is 3.94. The van der Waals surface area contributed by atoms with Crippen molar-refractivity contribution >= 4 is 0 Å². The second-order valence-electron chi connectivity index (χ2n) is 3.94. The van der Waals surface area contributed by atoms with E-state index in [1.54, 1.807) is 0 Å². The molecule has 2 rings (SSSR count). The fraction of sp³-hybridized carbons (Fsp3) is 1.00. The molecule has 1 spiro atoms. The Kier molecular flexibility index (Phi) is 2.14. The quantitative estimate of drug-likeness (QED) is 0.541. The molecule has 0 aromatic rings. The van der Waals surface area contributed by atoms with E-state index in [2.05, 4.69) is 10.6 Å². The molecule has 1 atom stereocenters. The summed E-state index contributed by atoms with van der Waals surface area (Å²) in [7, 11) is 0. The van der Waals surface area contributed by atoms with E-state index in [1.165, 1.54) is 51.7 Å². The first kappa shape index (κ1) is 7.56. The number of hydrogen-bond acceptors (Lipinski definition) is 2. The van der Waals surface area contributed by atoms with Crippen molar-refractivity contribution in [2.24, 2.45) is 0 Å². The van der Waals surface area contributed by atoms with Crippen molar-refractivity contribution in [1.82, 2.24) is 10.6 Å². The third-order valence-electron chi connectivity index (χ3n) is 3.05. The average Bonchev–Trinajstić information content (AvgIpc) is 2.32. The summed E-state index contributed by atoms with van der Waals surface area (Å²) in [6.07, 6.45) is 6.92. The number of nitrogens with one attached hydrogen (secondary N) is 2. The van der Waals surface area contributed by atoms with Gasteiger partial charge < -0.3 is 10.6 Å². The fourth-order valence-corrected chi connectivity index (χ4v) is 2.36. The summed E-state index contributed by atoms with van der Waals surface area (Å²) in [5, 5.41) is 7.17. The molecule has 0 bridgehead atoms. The normalized spacial score (nSPS) is 39.3. The van der Waals surface area contributed by atoms with Crippen LogP contribution in [0, 0.1) is 0 Å². The molecular formula is C9H18N2. The van der Waals surface area contributed by atoms with Crippen LogP contribution in [0.3, 0.4) is 0 Å². The molecular weight excluding hydrogens is 136 g/mol. The van der Waals surface area contributed by atoms with Crippen LogP contribution in [-0.4, -0.2) is 25.2 Å². The molecule has 0 saturated carbocycles. The van der Waals surface area contributed by atoms with E-state index in [0.29, 0.717) is 5.54 Å². The van der Waals surface area contributed by atoms with Gasteiger partial charge in [0.05, 0.1) is 0 Å². The minimum atomic E-state index is 0.497. The fourth-order valence-electron chi connectivity index (χ4n) is 2.36. The molecule has 0 aromatic carbocycles. The minimum absolute atomic E-state index is 0.497. The van der Waals surface area contributed by atoms with E-state index in [1.807, 2.05) is 0 Å². The van der Waals surface area contributed by atoms with Crippen LogP contribution >= 0.6 is 0 Å². The van der Waals surface area contributed by atoms with Gasteiger partial charge in [0.1, 0.15) is 0 Å². The molecule has 2 aliphatic rings. The summed E-state index contributed by atoms with van der Waals surface area (Å²) in [5.41, 5.74) is 0.497. The molecule has 0 radical (unpaired) electrons. The highest BCUT2D eigenvalue weighted by Crippen LogP contribution is 2.25. The molecule has 0 amide bonds. The first-order chi connectivity index (χ1) is 5.41. The molecule has 0 unspecified atom stereocenters. The summed E-state index contributed by atoms with van der Waals surface area (Å²) in [4.78, 5) is 0. The van der Waals surface area contributed by atoms with Crippen molar-refractivity contribution in [3.8, 4) is 0 Å². The van der Waals surface area contributed by atoms with Crippen molar-refractivity contribution in [2.45, 2.75) is 37.6 Å². The maximum Gasteiger partial charge on any atom is 0.0306 e. The average molecular weight is 154 g/mol. The lowest BCUT2D eigenvalue weighted by molar-refractivity contribution is 0.347. The zero-order chi connectivity index (χ0) is 7.57. The van der Waals surface area contributed by atoms with Gasteiger partial charge in [0, 0.05) is 12.1 Å². The van der Waals surface area contributed by atoms with Crippen LogP contribution in [0.15, 0.2) is 0 Å². The van der Waals surface area contributed by atoms with E-state index in [4.69, 9.17) is 0 Å². The molecule has 2 heteroatoms. The van der Waals surface area contributed by atoms with Crippen molar-refractivity contribution in [3.05, 3.63) is 0 Å². The van der Waals surface area contributed by atoms with Gasteiger partial charge in [-0.3, -0.25) is 0 Å². The number of hydrogen-bond donors (Lipinski definition) is 2. The minimum Gasteiger partial charge on any atom is -0.315 e. The topological polar surface area (TPSA) is 24.1 Å². The van der Waals surface area contributed by atoms with Gasteiger partial charge in [-0.1, -0.05) is 6.42 Å². The third kappa shape index (κ3) is 1.57. The van der Waals surface area contributed by atoms with Crippen LogP contribution < -0.4 is 10.6 Å². The maximum absolute atomic E-state index is 3.65. The van der Waals surface area contributed by atoms with Crippen LogP contribution in [0.4, 0.5) is 0 Å². The van der Waals surface area contributed by atoms with E-state index in [0.717, 1.165) is 0 Å². The molecule has 64 valence electrons. The number of rotatable bonds is 0. The van der Waals surface area contributed by atoms with Crippen LogP contribution in [-0.2, 0) is 0 Å². The first-order valence-electron chi connectivity index (χ1n) is 4.87. The summed E-state index contributed by atoms with van der Waals surface area (Å²) in [5.74, 6) is 0. The van der Waals surface area contributed by atoms with Crippen molar-refractivity contribution in [1.29, 1.82) is 0 Å². The molecule has 2 heterocycles. The van der Waals surface area contributed by atoms with E-state index < -0.39 is 0 Å². The smallest absolute Gasteiger partial charge is 0.0306 e. The third-order valence-corrected chi connectivity index (χ3v) is 3.05. The Bertz CT molecular complexity index is 118. The van der Waals surface area contributed by atoms with Crippen LogP contribution in [0.25, 0.3) is 0 Å². The maximum atomic E-state index is 3.65. The van der Waals surface area contributed by atoms with E-state index in [-0.39, 0.29) is 0 Å². The Morgan fingerprint density at radius 3 is 2.64 bits per heavy atom. The van der Waals surface area contributed by atoms with Crippen LogP contribution in [0.2, 0.25) is 0 Å². The zero-order valence-corrected chi connectivity index (χ0v) is 7.16. The molecule has 2 saturated heterocycles. The second kappa shape index (κ2) is 3.11. The highest BCUT2D eigenvalue weighted by atomic mass is 15.1. The van der Waals surface area contributed by atoms with E-state index >= 15 is 0 Å². The van der Waals surface area contributed by atoms with Gasteiger partial charge in [-0.15, -0.1) is 0 Å². The monoisotopic (exact) mass is 154 g/mol. The molecule has 2 N–H and O–H groups in total. The Labute approximate surface area is 68.7 Å². The Balaban J connectivity index is 1.97. The summed E-state index contributed by atoms with van der Waals surface area (Å²) in [6, 6.07) is 0. The van der Waals surface area contributed by atoms with Gasteiger partial charge in [-0.05, 0) is 38.8 Å². The van der Waals surface area contributed by atoms with Crippen LogP contribution in [0.5, 0.6) is 0 Å². The summed E-state index contributed by atoms with van der Waals surface area (Å²) in [6.45, 7) is 3.66. The van der Waals surface area contributed by atoms with Gasteiger partial charge in [-0.25, -0.2) is 0 Å². The van der Waals surface area contributed by atoms with Crippen molar-refractivity contribution in [2.75, 3.05) is 19.6 Å². The lowest BCUT2D eigenvalue weighted by Gasteiger charge is -2.27. The Morgan fingerprint density at radius 1 is 0.909 bits per heavy atom. The molecule has 2 nitrogen and oxygen atoms in total. The highest BCUT2D eigenvalue weighted by molar-refractivity contribution is 4.95. The van der Waals surface area contributed by atoms with E-state index in [9.17, 15) is 0 Å². The summed E-state index contributed by atoms with van der Waals surface area (Å²) < 4.78 is 0. The van der Waals surface area contributed by atoms with Gasteiger partial charge in [0.2, 0.25) is 0 Å². The molecule has 11 heavy (non-hydrogen) atoms.